The number of carbonyl (C=O) groups excluding carboxylic acids is 1. The first-order valence-corrected chi connectivity index (χ1v) is 9.39. The first-order valence-electron chi connectivity index (χ1n) is 9.01. The number of amides is 1. The first-order chi connectivity index (χ1) is 12.6. The highest BCUT2D eigenvalue weighted by molar-refractivity contribution is 6.30. The molecule has 2 aromatic carbocycles. The van der Waals surface area contributed by atoms with Gasteiger partial charge in [-0.1, -0.05) is 35.9 Å². The molecule has 1 heterocycles. The van der Waals surface area contributed by atoms with Crippen LogP contribution in [0, 0.1) is 0 Å². The van der Waals surface area contributed by atoms with E-state index >= 15 is 0 Å². The molecule has 0 spiro atoms. The van der Waals surface area contributed by atoms with Gasteiger partial charge in [-0.3, -0.25) is 9.69 Å². The van der Waals surface area contributed by atoms with Gasteiger partial charge in [-0.2, -0.15) is 0 Å². The minimum atomic E-state index is 0.187. The summed E-state index contributed by atoms with van der Waals surface area (Å²) in [5.74, 6) is 0.979. The van der Waals surface area contributed by atoms with Crippen LogP contribution in [0.25, 0.3) is 0 Å². The van der Waals surface area contributed by atoms with Gasteiger partial charge >= 0.3 is 0 Å². The number of hydrogen-bond acceptors (Lipinski definition) is 3. The van der Waals surface area contributed by atoms with Crippen molar-refractivity contribution in [3.63, 3.8) is 0 Å². The molecule has 1 aliphatic heterocycles. The van der Waals surface area contributed by atoms with Gasteiger partial charge in [0.15, 0.2) is 0 Å². The minimum absolute atomic E-state index is 0.187. The third kappa shape index (κ3) is 5.23. The van der Waals surface area contributed by atoms with E-state index in [9.17, 15) is 4.79 Å². The second-order valence-electron chi connectivity index (χ2n) is 6.67. The number of carbonyl (C=O) groups is 1. The van der Waals surface area contributed by atoms with E-state index in [2.05, 4.69) is 17.0 Å². The fourth-order valence-electron chi connectivity index (χ4n) is 3.30. The Balaban J connectivity index is 1.54. The predicted octanol–water partition coefficient (Wildman–Crippen LogP) is 3.63. The number of benzene rings is 2. The summed E-state index contributed by atoms with van der Waals surface area (Å²) in [5.41, 5.74) is 2.25. The van der Waals surface area contributed by atoms with E-state index in [-0.39, 0.29) is 5.91 Å². The summed E-state index contributed by atoms with van der Waals surface area (Å²) < 4.78 is 5.24. The Morgan fingerprint density at radius 2 is 1.85 bits per heavy atom. The van der Waals surface area contributed by atoms with Crippen LogP contribution >= 0.6 is 11.6 Å². The van der Waals surface area contributed by atoms with Gasteiger partial charge in [-0.25, -0.2) is 0 Å². The molecule has 3 rings (SSSR count). The molecule has 0 bridgehead atoms. The van der Waals surface area contributed by atoms with Crippen molar-refractivity contribution in [3.8, 4) is 5.75 Å². The number of hydrogen-bond donors (Lipinski definition) is 0. The average Bonchev–Trinajstić information content (AvgIpc) is 2.89. The van der Waals surface area contributed by atoms with E-state index in [1.54, 1.807) is 7.11 Å². The van der Waals surface area contributed by atoms with Gasteiger partial charge in [0.2, 0.25) is 5.91 Å². The second kappa shape index (κ2) is 9.06. The lowest BCUT2D eigenvalue weighted by Crippen LogP contribution is -2.36. The van der Waals surface area contributed by atoms with Gasteiger partial charge in [0.25, 0.3) is 0 Å². The molecule has 0 aliphatic carbocycles. The molecule has 5 heteroatoms. The van der Waals surface area contributed by atoms with Crippen molar-refractivity contribution < 1.29 is 9.53 Å². The quantitative estimate of drug-likeness (QED) is 0.803. The number of nitrogens with zero attached hydrogens (tertiary/aromatic N) is 2. The maximum Gasteiger partial charge on any atom is 0.227 e. The van der Waals surface area contributed by atoms with Crippen molar-refractivity contribution in [2.75, 3.05) is 33.3 Å². The average molecular weight is 373 g/mol. The summed E-state index contributed by atoms with van der Waals surface area (Å²) in [4.78, 5) is 17.1. The molecule has 0 saturated carbocycles. The molecular weight excluding hydrogens is 348 g/mol. The maximum absolute atomic E-state index is 12.7. The zero-order chi connectivity index (χ0) is 18.4. The SMILES string of the molecule is COc1cccc(CC(=O)N2CCCN(Cc3ccc(Cl)cc3)CC2)c1. The summed E-state index contributed by atoms with van der Waals surface area (Å²) in [5, 5.41) is 0.763. The highest BCUT2D eigenvalue weighted by Crippen LogP contribution is 2.16. The fraction of sp³-hybridized carbons (Fsp3) is 0.381. The van der Waals surface area contributed by atoms with Crippen LogP contribution in [0.2, 0.25) is 5.02 Å². The van der Waals surface area contributed by atoms with Crippen LogP contribution in [0.1, 0.15) is 17.5 Å². The van der Waals surface area contributed by atoms with Gasteiger partial charge in [0.1, 0.15) is 5.75 Å². The summed E-state index contributed by atoms with van der Waals surface area (Å²) in [6.45, 7) is 4.39. The van der Waals surface area contributed by atoms with Crippen LogP contribution in [-0.2, 0) is 17.8 Å². The Morgan fingerprint density at radius 3 is 2.62 bits per heavy atom. The molecule has 0 atom stereocenters. The number of methoxy groups -OCH3 is 1. The Labute approximate surface area is 160 Å². The molecule has 1 aliphatic rings. The van der Waals surface area contributed by atoms with Crippen molar-refractivity contribution in [2.24, 2.45) is 0 Å². The van der Waals surface area contributed by atoms with Crippen LogP contribution in [0.15, 0.2) is 48.5 Å². The maximum atomic E-state index is 12.7. The van der Waals surface area contributed by atoms with Crippen molar-refractivity contribution in [3.05, 3.63) is 64.7 Å². The molecule has 138 valence electrons. The minimum Gasteiger partial charge on any atom is -0.497 e. The smallest absolute Gasteiger partial charge is 0.227 e. The number of ether oxygens (including phenoxy) is 1. The Hall–Kier alpha value is -2.04. The molecule has 0 N–H and O–H groups in total. The highest BCUT2D eigenvalue weighted by Gasteiger charge is 2.19. The molecule has 0 radical (unpaired) electrons. The molecular formula is C21H25ClN2O2. The molecule has 1 amide bonds. The van der Waals surface area contributed by atoms with Gasteiger partial charge < -0.3 is 9.64 Å². The second-order valence-corrected chi connectivity index (χ2v) is 7.10. The molecule has 26 heavy (non-hydrogen) atoms. The van der Waals surface area contributed by atoms with Gasteiger partial charge in [-0.15, -0.1) is 0 Å². The molecule has 0 unspecified atom stereocenters. The lowest BCUT2D eigenvalue weighted by atomic mass is 10.1. The monoisotopic (exact) mass is 372 g/mol. The third-order valence-electron chi connectivity index (χ3n) is 4.75. The van der Waals surface area contributed by atoms with Crippen LogP contribution in [0.4, 0.5) is 0 Å². The van der Waals surface area contributed by atoms with E-state index in [0.29, 0.717) is 6.42 Å². The molecule has 2 aromatic rings. The molecule has 1 saturated heterocycles. The third-order valence-corrected chi connectivity index (χ3v) is 5.00. The van der Waals surface area contributed by atoms with E-state index in [4.69, 9.17) is 16.3 Å². The first kappa shape index (κ1) is 18.7. The Bertz CT molecular complexity index is 733. The molecule has 4 nitrogen and oxygen atoms in total. The summed E-state index contributed by atoms with van der Waals surface area (Å²) in [6, 6.07) is 15.7. The lowest BCUT2D eigenvalue weighted by molar-refractivity contribution is -0.130. The fourth-order valence-corrected chi connectivity index (χ4v) is 3.42. The van der Waals surface area contributed by atoms with Crippen LogP contribution in [-0.4, -0.2) is 49.0 Å². The van der Waals surface area contributed by atoms with E-state index in [1.165, 1.54) is 5.56 Å². The normalized spacial score (nSPS) is 15.5. The summed E-state index contributed by atoms with van der Waals surface area (Å²) >= 11 is 5.95. The van der Waals surface area contributed by atoms with E-state index in [0.717, 1.165) is 55.5 Å². The van der Waals surface area contributed by atoms with Crippen LogP contribution in [0.5, 0.6) is 5.75 Å². The van der Waals surface area contributed by atoms with Gasteiger partial charge in [0, 0.05) is 37.7 Å². The Kier molecular flexibility index (Phi) is 6.53. The summed E-state index contributed by atoms with van der Waals surface area (Å²) in [6.07, 6.45) is 1.42. The van der Waals surface area contributed by atoms with Crippen LogP contribution < -0.4 is 4.74 Å². The lowest BCUT2D eigenvalue weighted by Gasteiger charge is -2.22. The largest absolute Gasteiger partial charge is 0.497 e. The van der Waals surface area contributed by atoms with Gasteiger partial charge in [-0.05, 0) is 41.8 Å². The van der Waals surface area contributed by atoms with E-state index in [1.807, 2.05) is 41.3 Å². The van der Waals surface area contributed by atoms with Crippen molar-refractivity contribution in [1.82, 2.24) is 9.80 Å². The van der Waals surface area contributed by atoms with Crippen molar-refractivity contribution >= 4 is 17.5 Å². The summed E-state index contributed by atoms with van der Waals surface area (Å²) in [7, 11) is 1.64. The predicted molar refractivity (Wildman–Crippen MR) is 105 cm³/mol. The zero-order valence-electron chi connectivity index (χ0n) is 15.2. The number of rotatable bonds is 5. The topological polar surface area (TPSA) is 32.8 Å². The van der Waals surface area contributed by atoms with Crippen molar-refractivity contribution in [1.29, 1.82) is 0 Å². The number of halogens is 1. The Morgan fingerprint density at radius 1 is 1.04 bits per heavy atom. The van der Waals surface area contributed by atoms with Crippen molar-refractivity contribution in [2.45, 2.75) is 19.4 Å². The van der Waals surface area contributed by atoms with E-state index < -0.39 is 0 Å². The molecule has 0 aromatic heterocycles. The zero-order valence-corrected chi connectivity index (χ0v) is 15.9. The van der Waals surface area contributed by atoms with Crippen LogP contribution in [0.3, 0.4) is 0 Å². The molecule has 1 fully saturated rings. The standard InChI is InChI=1S/C21H25ClN2O2/c1-26-20-5-2-4-18(14-20)15-21(25)24-11-3-10-23(12-13-24)16-17-6-8-19(22)9-7-17/h2,4-9,14H,3,10-13,15-16H2,1H3. The van der Waals surface area contributed by atoms with Gasteiger partial charge in [0.05, 0.1) is 13.5 Å². The highest BCUT2D eigenvalue weighted by atomic mass is 35.5.